The summed E-state index contributed by atoms with van der Waals surface area (Å²) in [5, 5.41) is 12.8. The predicted octanol–water partition coefficient (Wildman–Crippen LogP) is 3.52. The highest BCUT2D eigenvalue weighted by Crippen LogP contribution is 2.34. The molecule has 3 rings (SSSR count). The summed E-state index contributed by atoms with van der Waals surface area (Å²) in [5.41, 5.74) is -0.323. The van der Waals surface area contributed by atoms with E-state index in [-0.39, 0.29) is 37.1 Å². The van der Waals surface area contributed by atoms with Gasteiger partial charge in [0.15, 0.2) is 21.3 Å². The van der Waals surface area contributed by atoms with Gasteiger partial charge < -0.3 is 14.2 Å². The van der Waals surface area contributed by atoms with E-state index < -0.39 is 55.0 Å². The Morgan fingerprint density at radius 3 is 2.24 bits per heavy atom. The van der Waals surface area contributed by atoms with Crippen molar-refractivity contribution in [2.75, 3.05) is 37.6 Å². The molecule has 1 aliphatic rings. The highest BCUT2D eigenvalue weighted by atomic mass is 32.2. The highest BCUT2D eigenvalue weighted by molar-refractivity contribution is 7.91. The largest absolute Gasteiger partial charge is 0.454 e. The smallest absolute Gasteiger partial charge is 0.411 e. The van der Waals surface area contributed by atoms with Crippen molar-refractivity contribution in [1.29, 1.82) is 0 Å². The van der Waals surface area contributed by atoms with Gasteiger partial charge in [0.2, 0.25) is 6.79 Å². The minimum Gasteiger partial charge on any atom is -0.454 e. The van der Waals surface area contributed by atoms with Crippen molar-refractivity contribution in [3.8, 4) is 11.5 Å². The van der Waals surface area contributed by atoms with Crippen LogP contribution in [0.2, 0.25) is 0 Å². The fourth-order valence-corrected chi connectivity index (χ4v) is 7.20. The van der Waals surface area contributed by atoms with Gasteiger partial charge in [-0.2, -0.15) is 0 Å². The Hall–Kier alpha value is -3.40. The molecule has 15 heteroatoms. The van der Waals surface area contributed by atoms with E-state index in [0.29, 0.717) is 28.7 Å². The van der Waals surface area contributed by atoms with Crippen molar-refractivity contribution < 1.29 is 45.8 Å². The average Bonchev–Trinajstić information content (AvgIpc) is 3.40. The van der Waals surface area contributed by atoms with Crippen molar-refractivity contribution in [3.63, 3.8) is 0 Å². The molecule has 0 fully saturated rings. The van der Waals surface area contributed by atoms with Crippen LogP contribution in [0.3, 0.4) is 0 Å². The van der Waals surface area contributed by atoms with Gasteiger partial charge in [0.05, 0.1) is 22.9 Å². The van der Waals surface area contributed by atoms with Crippen LogP contribution in [0.5, 0.6) is 11.5 Å². The molecule has 1 aliphatic heterocycles. The molecule has 0 unspecified atom stereocenters. The quantitative estimate of drug-likeness (QED) is 0.293. The normalized spacial score (nSPS) is 14.6. The zero-order chi connectivity index (χ0) is 33.6. The van der Waals surface area contributed by atoms with Gasteiger partial charge in [0.25, 0.3) is 5.91 Å². The molecular weight excluding hydrogens is 626 g/mol. The van der Waals surface area contributed by atoms with Crippen molar-refractivity contribution in [2.45, 2.75) is 64.1 Å². The Kier molecular flexibility index (Phi) is 11.9. The predicted molar refractivity (Wildman–Crippen MR) is 166 cm³/mol. The second kappa shape index (κ2) is 14.8. The van der Waals surface area contributed by atoms with Gasteiger partial charge >= 0.3 is 6.09 Å². The third-order valence-corrected chi connectivity index (χ3v) is 9.51. The summed E-state index contributed by atoms with van der Waals surface area (Å²) in [7, 11) is -7.67. The van der Waals surface area contributed by atoms with Crippen molar-refractivity contribution in [1.82, 2.24) is 15.1 Å². The number of benzene rings is 2. The molecule has 2 amide bonds. The van der Waals surface area contributed by atoms with Crippen LogP contribution in [0, 0.1) is 5.92 Å². The summed E-state index contributed by atoms with van der Waals surface area (Å²) in [6, 6.07) is 11.4. The summed E-state index contributed by atoms with van der Waals surface area (Å²) < 4.78 is 67.6. The number of hydrogen-bond acceptors (Lipinski definition) is 11. The number of fused-ring (bicyclic) bond motifs is 1. The minimum absolute atomic E-state index is 0.00955. The molecule has 1 heterocycles. The molecule has 0 bridgehead atoms. The first-order chi connectivity index (χ1) is 20.9. The fourth-order valence-electron chi connectivity index (χ4n) is 4.69. The Morgan fingerprint density at radius 1 is 1.00 bits per heavy atom. The SMILES string of the molecule is CCCN(C(=O)OC(C)(C)C)[C@H](CS(C)(=O)=O)C(=O)N(Cc1ccccc1)N(O)C[C@@H](C)CS(=O)(=O)c1ccc2c(c1)OCO2. The lowest BCUT2D eigenvalue weighted by Gasteiger charge is -2.38. The third-order valence-electron chi connectivity index (χ3n) is 6.60. The van der Waals surface area contributed by atoms with Gasteiger partial charge in [0.1, 0.15) is 21.5 Å². The number of rotatable bonds is 14. The molecule has 0 spiro atoms. The zero-order valence-electron chi connectivity index (χ0n) is 26.5. The number of hydroxylamine groups is 1. The van der Waals surface area contributed by atoms with E-state index in [2.05, 4.69) is 0 Å². The number of hydrazine groups is 1. The molecule has 0 saturated carbocycles. The lowest BCUT2D eigenvalue weighted by Crippen LogP contribution is -2.58. The maximum atomic E-state index is 14.2. The second-order valence-corrected chi connectivity index (χ2v) is 16.3. The van der Waals surface area contributed by atoms with E-state index in [0.717, 1.165) is 16.2 Å². The minimum atomic E-state index is -3.85. The first-order valence-corrected chi connectivity index (χ1v) is 18.2. The monoisotopic (exact) mass is 669 g/mol. The molecule has 2 atom stereocenters. The topological polar surface area (TPSA) is 160 Å². The van der Waals surface area contributed by atoms with E-state index in [1.807, 2.05) is 0 Å². The van der Waals surface area contributed by atoms with Crippen LogP contribution in [-0.2, 0) is 35.8 Å². The van der Waals surface area contributed by atoms with Gasteiger partial charge in [0, 0.05) is 25.4 Å². The first kappa shape index (κ1) is 36.1. The van der Waals surface area contributed by atoms with E-state index in [9.17, 15) is 31.6 Å². The number of sulfone groups is 2. The maximum Gasteiger partial charge on any atom is 0.411 e. The Labute approximate surface area is 265 Å². The molecular formula is C30H43N3O10S2. The molecule has 13 nitrogen and oxygen atoms in total. The van der Waals surface area contributed by atoms with Gasteiger partial charge in [-0.3, -0.25) is 14.9 Å². The molecule has 45 heavy (non-hydrogen) atoms. The summed E-state index contributed by atoms with van der Waals surface area (Å²) in [4.78, 5) is 28.5. The third kappa shape index (κ3) is 10.6. The number of hydrogen-bond donors (Lipinski definition) is 1. The zero-order valence-corrected chi connectivity index (χ0v) is 28.1. The van der Waals surface area contributed by atoms with Crippen LogP contribution >= 0.6 is 0 Å². The van der Waals surface area contributed by atoms with Crippen LogP contribution in [0.25, 0.3) is 0 Å². The van der Waals surface area contributed by atoms with Crippen LogP contribution < -0.4 is 9.47 Å². The summed E-state index contributed by atoms with van der Waals surface area (Å²) in [6.07, 6.45) is 0.468. The summed E-state index contributed by atoms with van der Waals surface area (Å²) in [6.45, 7) is 7.81. The number of amides is 2. The first-order valence-electron chi connectivity index (χ1n) is 14.5. The molecule has 0 radical (unpaired) electrons. The maximum absolute atomic E-state index is 14.2. The Bertz CT molecular complexity index is 1540. The summed E-state index contributed by atoms with van der Waals surface area (Å²) in [5.74, 6) is -1.95. The average molecular weight is 670 g/mol. The van der Waals surface area contributed by atoms with Crippen molar-refractivity contribution in [2.24, 2.45) is 5.92 Å². The van der Waals surface area contributed by atoms with Crippen molar-refractivity contribution >= 4 is 31.7 Å². The Morgan fingerprint density at radius 2 is 1.64 bits per heavy atom. The van der Waals surface area contributed by atoms with Crippen LogP contribution in [0.1, 0.15) is 46.6 Å². The van der Waals surface area contributed by atoms with Gasteiger partial charge in [-0.15, -0.1) is 0 Å². The van der Waals surface area contributed by atoms with Crippen LogP contribution in [0.4, 0.5) is 4.79 Å². The number of carbonyl (C=O) groups excluding carboxylic acids is 2. The van der Waals surface area contributed by atoms with E-state index >= 15 is 0 Å². The molecule has 0 aromatic heterocycles. The molecule has 0 aliphatic carbocycles. The molecule has 0 saturated heterocycles. The number of nitrogens with zero attached hydrogens (tertiary/aromatic N) is 3. The number of ether oxygens (including phenoxy) is 3. The molecule has 1 N–H and O–H groups in total. The summed E-state index contributed by atoms with van der Waals surface area (Å²) >= 11 is 0. The van der Waals surface area contributed by atoms with Gasteiger partial charge in [-0.1, -0.05) is 49.4 Å². The van der Waals surface area contributed by atoms with Gasteiger partial charge in [-0.25, -0.2) is 26.6 Å². The van der Waals surface area contributed by atoms with E-state index in [4.69, 9.17) is 14.2 Å². The van der Waals surface area contributed by atoms with Crippen LogP contribution in [-0.4, -0.2) is 98.4 Å². The van der Waals surface area contributed by atoms with Gasteiger partial charge in [-0.05, 0) is 50.8 Å². The molecule has 250 valence electrons. The lowest BCUT2D eigenvalue weighted by molar-refractivity contribution is -0.250. The van der Waals surface area contributed by atoms with Crippen molar-refractivity contribution in [3.05, 3.63) is 54.1 Å². The molecule has 2 aromatic rings. The Balaban J connectivity index is 1.92. The fraction of sp³-hybridized carbons (Fsp3) is 0.533. The van der Waals surface area contributed by atoms with Crippen LogP contribution in [0.15, 0.2) is 53.4 Å². The van der Waals surface area contributed by atoms with E-state index in [1.165, 1.54) is 18.2 Å². The standard InChI is InChI=1S/C30H43N3O10S2/c1-7-15-31(29(35)43-30(3,4)5)25(20-44(6,37)38)28(34)32(18-23-11-9-8-10-12-23)33(36)17-22(2)19-45(39,40)24-13-14-26-27(16-24)42-21-41-26/h8-14,16,22,25,36H,7,15,17-21H2,1-6H3/t22-,25-/m1/s1. The lowest BCUT2D eigenvalue weighted by atomic mass is 10.2. The van der Waals surface area contributed by atoms with E-state index in [1.54, 1.807) is 65.0 Å². The molecule has 2 aromatic carbocycles. The number of carbonyl (C=O) groups is 2. The second-order valence-electron chi connectivity index (χ2n) is 12.1. The highest BCUT2D eigenvalue weighted by Gasteiger charge is 2.39.